The molecule has 0 saturated heterocycles. The predicted molar refractivity (Wildman–Crippen MR) is 132 cm³/mol. The molecule has 2 N–H and O–H groups in total. The Morgan fingerprint density at radius 3 is 1.15 bits per heavy atom. The van der Waals surface area contributed by atoms with Gasteiger partial charge in [-0.3, -0.25) is 9.59 Å². The molecule has 2 amide bonds. The van der Waals surface area contributed by atoms with Crippen molar-refractivity contribution in [3.05, 3.63) is 47.9 Å². The summed E-state index contributed by atoms with van der Waals surface area (Å²) < 4.78 is 0. The minimum atomic E-state index is -0.152. The molecule has 8 bridgehead atoms. The van der Waals surface area contributed by atoms with Gasteiger partial charge in [-0.1, -0.05) is 12.2 Å². The molecule has 0 aliphatic heterocycles. The van der Waals surface area contributed by atoms with Crippen LogP contribution in [0.2, 0.25) is 0 Å². The van der Waals surface area contributed by atoms with Gasteiger partial charge in [0.05, 0.1) is 10.8 Å². The van der Waals surface area contributed by atoms with Crippen LogP contribution in [-0.2, 0) is 9.59 Å². The lowest BCUT2D eigenvalue weighted by atomic mass is 9.49. The number of hydrogen-bond donors (Lipinski definition) is 2. The number of allylic oxidation sites excluding steroid dienone is 6. The molecular weight excluding hydrogens is 420 g/mol. The number of hydrogen-bond acceptors (Lipinski definition) is 2. The summed E-state index contributed by atoms with van der Waals surface area (Å²) in [5.74, 6) is 4.99. The van der Waals surface area contributed by atoms with Crippen LogP contribution in [0.15, 0.2) is 47.9 Å². The molecule has 0 aromatic carbocycles. The van der Waals surface area contributed by atoms with E-state index in [1.165, 1.54) is 38.5 Å². The highest BCUT2D eigenvalue weighted by Gasteiger charge is 2.55. The molecule has 0 atom stereocenters. The van der Waals surface area contributed by atoms with Gasteiger partial charge in [0, 0.05) is 11.4 Å². The van der Waals surface area contributed by atoms with E-state index in [4.69, 9.17) is 0 Å². The van der Waals surface area contributed by atoms with Crippen LogP contribution < -0.4 is 10.6 Å². The number of nitrogens with one attached hydrogen (secondary N) is 2. The van der Waals surface area contributed by atoms with Gasteiger partial charge < -0.3 is 10.6 Å². The summed E-state index contributed by atoms with van der Waals surface area (Å²) in [4.78, 5) is 27.0. The van der Waals surface area contributed by atoms with E-state index in [1.807, 2.05) is 36.5 Å². The van der Waals surface area contributed by atoms with Gasteiger partial charge in [0.25, 0.3) is 0 Å². The van der Waals surface area contributed by atoms with E-state index < -0.39 is 0 Å². The number of amides is 2. The van der Waals surface area contributed by atoms with Gasteiger partial charge in [0.2, 0.25) is 11.8 Å². The maximum Gasteiger partial charge on any atom is 0.230 e. The summed E-state index contributed by atoms with van der Waals surface area (Å²) in [6, 6.07) is 0. The third-order valence-corrected chi connectivity index (χ3v) is 10.7. The highest BCUT2D eigenvalue weighted by molar-refractivity contribution is 5.86. The third kappa shape index (κ3) is 3.55. The SMILES string of the molecule is O=C(NC1=C/C=C\C=C(NC(=O)C23CC4CC(CC(C4)C2)C3)/C=C\1)C12CC3CC(CC(C3)C1)C2. The van der Waals surface area contributed by atoms with Crippen molar-refractivity contribution in [3.8, 4) is 0 Å². The van der Waals surface area contributed by atoms with Crippen molar-refractivity contribution in [2.45, 2.75) is 77.0 Å². The molecule has 0 aromatic rings. The zero-order valence-corrected chi connectivity index (χ0v) is 20.2. The van der Waals surface area contributed by atoms with E-state index >= 15 is 0 Å². The summed E-state index contributed by atoms with van der Waals surface area (Å²) in [7, 11) is 0. The Kier molecular flexibility index (Phi) is 4.80. The van der Waals surface area contributed by atoms with Crippen LogP contribution in [0.3, 0.4) is 0 Å². The van der Waals surface area contributed by atoms with E-state index in [-0.39, 0.29) is 22.6 Å². The van der Waals surface area contributed by atoms with Crippen LogP contribution in [-0.4, -0.2) is 11.8 Å². The molecule has 180 valence electrons. The minimum Gasteiger partial charge on any atom is -0.326 e. The predicted octanol–water partition coefficient (Wildman–Crippen LogP) is 5.55. The molecule has 8 fully saturated rings. The molecule has 0 heterocycles. The van der Waals surface area contributed by atoms with Gasteiger partial charge >= 0.3 is 0 Å². The molecule has 9 aliphatic rings. The van der Waals surface area contributed by atoms with Gasteiger partial charge in [-0.2, -0.15) is 0 Å². The van der Waals surface area contributed by atoms with Crippen molar-refractivity contribution in [1.82, 2.24) is 10.6 Å². The van der Waals surface area contributed by atoms with Crippen LogP contribution in [0.25, 0.3) is 0 Å². The molecule has 4 heteroatoms. The Morgan fingerprint density at radius 2 is 0.853 bits per heavy atom. The number of carbonyl (C=O) groups excluding carboxylic acids is 2. The Hall–Kier alpha value is -2.10. The van der Waals surface area contributed by atoms with Crippen LogP contribution in [0.5, 0.6) is 0 Å². The van der Waals surface area contributed by atoms with Crippen molar-refractivity contribution < 1.29 is 9.59 Å². The normalized spacial score (nSPS) is 50.4. The average molecular weight is 459 g/mol. The monoisotopic (exact) mass is 458 g/mol. The number of rotatable bonds is 4. The van der Waals surface area contributed by atoms with Crippen molar-refractivity contribution in [2.24, 2.45) is 46.3 Å². The van der Waals surface area contributed by atoms with Gasteiger partial charge in [0.1, 0.15) is 0 Å². The maximum absolute atomic E-state index is 13.5. The highest BCUT2D eigenvalue weighted by atomic mass is 16.2. The molecular formula is C30H38N2O2. The lowest BCUT2D eigenvalue weighted by molar-refractivity contribution is -0.145. The largest absolute Gasteiger partial charge is 0.326 e. The molecule has 34 heavy (non-hydrogen) atoms. The van der Waals surface area contributed by atoms with Crippen LogP contribution in [0, 0.1) is 46.3 Å². The molecule has 4 nitrogen and oxygen atoms in total. The van der Waals surface area contributed by atoms with Gasteiger partial charge in [-0.15, -0.1) is 0 Å². The van der Waals surface area contributed by atoms with Crippen molar-refractivity contribution in [1.29, 1.82) is 0 Å². The molecule has 0 unspecified atom stereocenters. The van der Waals surface area contributed by atoms with Gasteiger partial charge in [-0.05, 0) is 137 Å². The second kappa shape index (κ2) is 7.70. The van der Waals surface area contributed by atoms with E-state index in [9.17, 15) is 9.59 Å². The quantitative estimate of drug-likeness (QED) is 0.581. The first-order valence-corrected chi connectivity index (χ1v) is 13.9. The highest BCUT2D eigenvalue weighted by Crippen LogP contribution is 2.61. The Labute approximate surface area is 203 Å². The van der Waals surface area contributed by atoms with Gasteiger partial charge in [-0.25, -0.2) is 0 Å². The second-order valence-corrected chi connectivity index (χ2v) is 13.3. The van der Waals surface area contributed by atoms with Crippen LogP contribution in [0.4, 0.5) is 0 Å². The first-order chi connectivity index (χ1) is 16.5. The lowest BCUT2D eigenvalue weighted by Gasteiger charge is -2.55. The zero-order chi connectivity index (χ0) is 22.9. The smallest absolute Gasteiger partial charge is 0.230 e. The Balaban J connectivity index is 1.03. The molecule has 8 saturated carbocycles. The fourth-order valence-corrected chi connectivity index (χ4v) is 10.1. The molecule has 0 aromatic heterocycles. The third-order valence-electron chi connectivity index (χ3n) is 10.7. The molecule has 9 aliphatic carbocycles. The maximum atomic E-state index is 13.5. The summed E-state index contributed by atoms with van der Waals surface area (Å²) in [5, 5.41) is 6.54. The summed E-state index contributed by atoms with van der Waals surface area (Å²) in [5.41, 5.74) is 1.35. The van der Waals surface area contributed by atoms with Crippen LogP contribution >= 0.6 is 0 Å². The number of carbonyl (C=O) groups is 2. The Bertz CT molecular complexity index is 878. The fourth-order valence-electron chi connectivity index (χ4n) is 10.1. The molecule has 0 spiro atoms. The van der Waals surface area contributed by atoms with Crippen molar-refractivity contribution in [2.75, 3.05) is 0 Å². The van der Waals surface area contributed by atoms with Crippen molar-refractivity contribution >= 4 is 11.8 Å². The standard InChI is InChI=1S/C30H38N2O2/c33-27(29-13-19-7-20(14-29)9-21(8-19)15-29)31-25-3-1-2-4-26(6-5-25)32-28(34)30-16-22-10-23(17-30)12-24(11-22)18-30/h1-6,19-24H,7-18H2,(H,31,33)(H,32,34)/b2-1-,3-1?,4-2?,6-5-,25-3+,25-5?,26-4+,26-6?. The topological polar surface area (TPSA) is 58.2 Å². The fraction of sp³-hybridized carbons (Fsp3) is 0.667. The van der Waals surface area contributed by atoms with Gasteiger partial charge in [0.15, 0.2) is 0 Å². The Morgan fingerprint density at radius 1 is 0.559 bits per heavy atom. The second-order valence-electron chi connectivity index (χ2n) is 13.3. The van der Waals surface area contributed by atoms with E-state index in [2.05, 4.69) is 10.6 Å². The van der Waals surface area contributed by atoms with Crippen molar-refractivity contribution in [3.63, 3.8) is 0 Å². The molecule has 0 radical (unpaired) electrons. The summed E-state index contributed by atoms with van der Waals surface area (Å²) in [6.45, 7) is 0. The minimum absolute atomic E-state index is 0.152. The lowest BCUT2D eigenvalue weighted by Crippen LogP contribution is -2.53. The van der Waals surface area contributed by atoms with E-state index in [0.29, 0.717) is 0 Å². The van der Waals surface area contributed by atoms with Crippen LogP contribution in [0.1, 0.15) is 77.0 Å². The molecule has 9 rings (SSSR count). The van der Waals surface area contributed by atoms with E-state index in [1.54, 1.807) is 0 Å². The average Bonchev–Trinajstić information content (AvgIpc) is 2.76. The first kappa shape index (κ1) is 21.2. The first-order valence-electron chi connectivity index (χ1n) is 13.9. The zero-order valence-electron chi connectivity index (χ0n) is 20.2. The summed E-state index contributed by atoms with van der Waals surface area (Å²) in [6.07, 6.45) is 26.3. The summed E-state index contributed by atoms with van der Waals surface area (Å²) >= 11 is 0. The van der Waals surface area contributed by atoms with E-state index in [0.717, 1.165) is 85.4 Å².